The lowest BCUT2D eigenvalue weighted by atomic mass is 9.85. The molecule has 0 aliphatic rings. The highest BCUT2D eigenvalue weighted by Gasteiger charge is 2.27. The predicted octanol–water partition coefficient (Wildman–Crippen LogP) is 4.06. The number of hydrogen-bond acceptors (Lipinski definition) is 7. The number of nitrogens with one attached hydrogen (secondary N) is 2. The van der Waals surface area contributed by atoms with Gasteiger partial charge in [-0.05, 0) is 23.3 Å². The minimum atomic E-state index is -0.609. The van der Waals surface area contributed by atoms with Gasteiger partial charge >= 0.3 is 0 Å². The van der Waals surface area contributed by atoms with Crippen molar-refractivity contribution < 1.29 is 14.6 Å². The van der Waals surface area contributed by atoms with E-state index in [0.717, 1.165) is 0 Å². The molecule has 0 heterocycles. The summed E-state index contributed by atoms with van der Waals surface area (Å²) in [5.74, 6) is -1.40. The molecule has 28 heavy (non-hydrogen) atoms. The van der Waals surface area contributed by atoms with Crippen molar-refractivity contribution in [2.45, 2.75) is 25.7 Å². The zero-order valence-corrected chi connectivity index (χ0v) is 16.1. The van der Waals surface area contributed by atoms with E-state index in [1.54, 1.807) is 52.2 Å². The standard InChI is InChI=1S/C19H22N4O5/c1-11(13-5-7-15(20-3)17(9-13)22(25)26)19(24)12(2)14-6-8-16(21-4)18(10-14)23(27)28/h5-12,20-21H,1-4H3. The summed E-state index contributed by atoms with van der Waals surface area (Å²) in [4.78, 5) is 34.4. The second kappa shape index (κ2) is 8.47. The SMILES string of the molecule is CNc1ccc(C(C)C(=O)C(C)c2ccc(NC)c([N+](=O)[O-])c2)cc1[N+](=O)[O-]. The molecule has 2 aromatic rings. The maximum atomic E-state index is 12.9. The van der Waals surface area contributed by atoms with E-state index in [9.17, 15) is 25.0 Å². The van der Waals surface area contributed by atoms with Gasteiger partial charge in [-0.2, -0.15) is 0 Å². The first-order valence-corrected chi connectivity index (χ1v) is 8.67. The zero-order valence-electron chi connectivity index (χ0n) is 16.1. The molecule has 2 rings (SSSR count). The predicted molar refractivity (Wildman–Crippen MR) is 107 cm³/mol. The maximum absolute atomic E-state index is 12.9. The van der Waals surface area contributed by atoms with Crippen LogP contribution in [-0.4, -0.2) is 29.7 Å². The van der Waals surface area contributed by atoms with Gasteiger partial charge in [0.25, 0.3) is 11.4 Å². The lowest BCUT2D eigenvalue weighted by molar-refractivity contribution is -0.384. The normalized spacial score (nSPS) is 12.7. The van der Waals surface area contributed by atoms with E-state index in [-0.39, 0.29) is 17.2 Å². The van der Waals surface area contributed by atoms with E-state index >= 15 is 0 Å². The van der Waals surface area contributed by atoms with E-state index in [4.69, 9.17) is 0 Å². The average molecular weight is 386 g/mol. The molecule has 0 amide bonds. The quantitative estimate of drug-likeness (QED) is 0.517. The van der Waals surface area contributed by atoms with Crippen LogP contribution < -0.4 is 10.6 Å². The Labute approximate surface area is 162 Å². The first kappa shape index (κ1) is 20.8. The van der Waals surface area contributed by atoms with E-state index in [1.807, 2.05) is 0 Å². The van der Waals surface area contributed by atoms with Crippen molar-refractivity contribution in [2.24, 2.45) is 0 Å². The molecular weight excluding hydrogens is 364 g/mol. The monoisotopic (exact) mass is 386 g/mol. The molecule has 0 bridgehead atoms. The average Bonchev–Trinajstić information content (AvgIpc) is 2.70. The lowest BCUT2D eigenvalue weighted by Crippen LogP contribution is -2.17. The number of nitro benzene ring substituents is 2. The third-order valence-corrected chi connectivity index (χ3v) is 4.83. The first-order chi connectivity index (χ1) is 13.2. The van der Waals surface area contributed by atoms with Crippen molar-refractivity contribution in [3.05, 3.63) is 67.8 Å². The van der Waals surface area contributed by atoms with Crippen LogP contribution in [0.2, 0.25) is 0 Å². The Balaban J connectivity index is 2.35. The van der Waals surface area contributed by atoms with Gasteiger partial charge in [0.05, 0.1) is 9.85 Å². The number of anilines is 2. The molecule has 2 N–H and O–H groups in total. The highest BCUT2D eigenvalue weighted by atomic mass is 16.6. The van der Waals surface area contributed by atoms with Crippen molar-refractivity contribution in [2.75, 3.05) is 24.7 Å². The molecule has 0 saturated carbocycles. The number of nitro groups is 2. The van der Waals surface area contributed by atoms with Crippen molar-refractivity contribution in [3.8, 4) is 0 Å². The van der Waals surface area contributed by atoms with Crippen LogP contribution in [0.1, 0.15) is 36.8 Å². The van der Waals surface area contributed by atoms with Crippen LogP contribution in [0.15, 0.2) is 36.4 Å². The van der Waals surface area contributed by atoms with Crippen LogP contribution in [0.3, 0.4) is 0 Å². The largest absolute Gasteiger partial charge is 0.383 e. The van der Waals surface area contributed by atoms with E-state index in [0.29, 0.717) is 22.5 Å². The van der Waals surface area contributed by atoms with Gasteiger partial charge < -0.3 is 10.6 Å². The topological polar surface area (TPSA) is 127 Å². The third kappa shape index (κ3) is 4.08. The Morgan fingerprint density at radius 2 is 1.18 bits per heavy atom. The molecule has 2 unspecified atom stereocenters. The summed E-state index contributed by atoms with van der Waals surface area (Å²) in [7, 11) is 3.17. The summed E-state index contributed by atoms with van der Waals surface area (Å²) in [6, 6.07) is 9.23. The van der Waals surface area contributed by atoms with Crippen molar-refractivity contribution in [3.63, 3.8) is 0 Å². The second-order valence-electron chi connectivity index (χ2n) is 6.41. The Kier molecular flexibility index (Phi) is 6.29. The molecule has 9 heteroatoms. The summed E-state index contributed by atoms with van der Waals surface area (Å²) in [5.41, 5.74) is 1.54. The van der Waals surface area contributed by atoms with Gasteiger partial charge in [0.1, 0.15) is 17.2 Å². The summed E-state index contributed by atoms with van der Waals surface area (Å²) in [6.45, 7) is 3.35. The van der Waals surface area contributed by atoms with Gasteiger partial charge in [0.15, 0.2) is 0 Å². The van der Waals surface area contributed by atoms with Gasteiger partial charge in [-0.25, -0.2) is 0 Å². The molecule has 0 aliphatic carbocycles. The van der Waals surface area contributed by atoms with Crippen LogP contribution >= 0.6 is 0 Å². The maximum Gasteiger partial charge on any atom is 0.292 e. The highest BCUT2D eigenvalue weighted by molar-refractivity contribution is 5.91. The number of hydrogen-bond donors (Lipinski definition) is 2. The number of carbonyl (C=O) groups excluding carboxylic acids is 1. The van der Waals surface area contributed by atoms with Gasteiger partial charge in [-0.15, -0.1) is 0 Å². The summed E-state index contributed by atoms with van der Waals surface area (Å²) >= 11 is 0. The van der Waals surface area contributed by atoms with Crippen LogP contribution in [-0.2, 0) is 4.79 Å². The molecule has 148 valence electrons. The fourth-order valence-corrected chi connectivity index (χ4v) is 3.06. The van der Waals surface area contributed by atoms with E-state index in [1.165, 1.54) is 12.1 Å². The number of carbonyl (C=O) groups is 1. The molecule has 0 aromatic heterocycles. The van der Waals surface area contributed by atoms with Gasteiger partial charge in [0.2, 0.25) is 0 Å². The van der Waals surface area contributed by atoms with Crippen LogP contribution in [0.4, 0.5) is 22.7 Å². The molecule has 0 saturated heterocycles. The van der Waals surface area contributed by atoms with Crippen LogP contribution in [0.5, 0.6) is 0 Å². The Morgan fingerprint density at radius 3 is 1.46 bits per heavy atom. The van der Waals surface area contributed by atoms with Crippen molar-refractivity contribution in [1.82, 2.24) is 0 Å². The summed E-state index contributed by atoms with van der Waals surface area (Å²) in [6.07, 6.45) is 0. The van der Waals surface area contributed by atoms with E-state index < -0.39 is 21.7 Å². The Morgan fingerprint density at radius 1 is 0.821 bits per heavy atom. The fraction of sp³-hybridized carbons (Fsp3) is 0.316. The minimum Gasteiger partial charge on any atom is -0.383 e. The third-order valence-electron chi connectivity index (χ3n) is 4.83. The number of Topliss-reactive ketones (excluding diaryl/α,β-unsaturated/α-hetero) is 1. The van der Waals surface area contributed by atoms with Crippen molar-refractivity contribution in [1.29, 1.82) is 0 Å². The molecule has 0 fully saturated rings. The molecule has 0 radical (unpaired) electrons. The van der Waals surface area contributed by atoms with Crippen LogP contribution in [0.25, 0.3) is 0 Å². The summed E-state index contributed by atoms with van der Waals surface area (Å²) < 4.78 is 0. The number of benzene rings is 2. The summed E-state index contributed by atoms with van der Waals surface area (Å²) in [5, 5.41) is 28.0. The molecule has 9 nitrogen and oxygen atoms in total. The number of nitrogens with zero attached hydrogens (tertiary/aromatic N) is 2. The molecule has 2 aromatic carbocycles. The number of rotatable bonds is 8. The Bertz CT molecular complexity index is 855. The molecule has 0 spiro atoms. The van der Waals surface area contributed by atoms with Crippen molar-refractivity contribution >= 4 is 28.5 Å². The minimum absolute atomic E-state index is 0.110. The first-order valence-electron chi connectivity index (χ1n) is 8.67. The van der Waals surface area contributed by atoms with Gasteiger partial charge in [-0.3, -0.25) is 25.0 Å². The van der Waals surface area contributed by atoms with Gasteiger partial charge in [0, 0.05) is 38.1 Å². The highest BCUT2D eigenvalue weighted by Crippen LogP contribution is 2.34. The molecule has 0 aliphatic heterocycles. The second-order valence-corrected chi connectivity index (χ2v) is 6.41. The Hall–Kier alpha value is -3.49. The zero-order chi connectivity index (χ0) is 21.0. The molecule has 2 atom stereocenters. The lowest BCUT2D eigenvalue weighted by Gasteiger charge is -2.18. The van der Waals surface area contributed by atoms with E-state index in [2.05, 4.69) is 10.6 Å². The molecular formula is C19H22N4O5. The van der Waals surface area contributed by atoms with Gasteiger partial charge in [-0.1, -0.05) is 26.0 Å². The smallest absolute Gasteiger partial charge is 0.292 e. The fourth-order valence-electron chi connectivity index (χ4n) is 3.06. The number of ketones is 1. The van der Waals surface area contributed by atoms with Crippen LogP contribution in [0, 0.1) is 20.2 Å².